The number of nitrogens with zero attached hydrogens (tertiary/aromatic N) is 4. The highest BCUT2D eigenvalue weighted by molar-refractivity contribution is 7.19. The molecule has 0 atom stereocenters. The lowest BCUT2D eigenvalue weighted by Crippen LogP contribution is -2.25. The maximum atomic E-state index is 6.03. The van der Waals surface area contributed by atoms with Crippen LogP contribution in [0.1, 0.15) is 20.3 Å². The van der Waals surface area contributed by atoms with Crippen molar-refractivity contribution in [2.45, 2.75) is 20.3 Å². The Morgan fingerprint density at radius 1 is 1.21 bits per heavy atom. The molecule has 0 amide bonds. The van der Waals surface area contributed by atoms with E-state index in [0.717, 1.165) is 46.6 Å². The Morgan fingerprint density at radius 3 is 2.75 bits per heavy atom. The quantitative estimate of drug-likeness (QED) is 0.561. The van der Waals surface area contributed by atoms with E-state index in [2.05, 4.69) is 28.8 Å². The lowest BCUT2D eigenvalue weighted by atomic mass is 10.4. The van der Waals surface area contributed by atoms with Gasteiger partial charge in [0.2, 0.25) is 5.88 Å². The molecule has 0 bridgehead atoms. The first-order chi connectivity index (χ1) is 11.7. The summed E-state index contributed by atoms with van der Waals surface area (Å²) in [6, 6.07) is 7.65. The van der Waals surface area contributed by atoms with E-state index in [1.54, 1.807) is 0 Å². The molecule has 3 aromatic rings. The van der Waals surface area contributed by atoms with Crippen LogP contribution in [-0.2, 0) is 0 Å². The molecule has 3 heterocycles. The zero-order valence-electron chi connectivity index (χ0n) is 13.9. The van der Waals surface area contributed by atoms with Gasteiger partial charge < -0.3 is 9.64 Å². The number of rotatable bonds is 8. The molecule has 24 heavy (non-hydrogen) atoms. The minimum atomic E-state index is 0.615. The lowest BCUT2D eigenvalue weighted by Gasteiger charge is -2.17. The molecule has 0 aliphatic rings. The molecule has 0 fully saturated rings. The minimum absolute atomic E-state index is 0.615. The summed E-state index contributed by atoms with van der Waals surface area (Å²) < 4.78 is 8.37. The van der Waals surface area contributed by atoms with Gasteiger partial charge in [-0.2, -0.15) is 0 Å². The predicted octanol–water partition coefficient (Wildman–Crippen LogP) is 4.22. The fourth-order valence-corrected chi connectivity index (χ4v) is 3.60. The van der Waals surface area contributed by atoms with E-state index < -0.39 is 0 Å². The highest BCUT2D eigenvalue weighted by atomic mass is 35.5. The molecule has 128 valence electrons. The van der Waals surface area contributed by atoms with Gasteiger partial charge in [0, 0.05) is 12.6 Å². The zero-order chi connectivity index (χ0) is 16.9. The fraction of sp³-hybridized carbons (Fsp3) is 0.412. The monoisotopic (exact) mass is 364 g/mol. The van der Waals surface area contributed by atoms with Crippen molar-refractivity contribution in [2.75, 3.05) is 26.2 Å². The molecule has 0 unspecified atom stereocenters. The topological polar surface area (TPSA) is 42.7 Å². The van der Waals surface area contributed by atoms with Crippen LogP contribution in [-0.4, -0.2) is 45.7 Å². The van der Waals surface area contributed by atoms with E-state index in [4.69, 9.17) is 16.3 Å². The SMILES string of the molecule is CCN(CC)CCCOc1ccc2ncc(-c3ccc(Cl)s3)n2n1. The van der Waals surface area contributed by atoms with Gasteiger partial charge in [0.05, 0.1) is 22.0 Å². The van der Waals surface area contributed by atoms with Gasteiger partial charge in [0.15, 0.2) is 5.65 Å². The highest BCUT2D eigenvalue weighted by Crippen LogP contribution is 2.31. The van der Waals surface area contributed by atoms with Crippen LogP contribution in [0.3, 0.4) is 0 Å². The van der Waals surface area contributed by atoms with Gasteiger partial charge in [-0.05, 0) is 37.7 Å². The van der Waals surface area contributed by atoms with E-state index in [9.17, 15) is 0 Å². The Bertz CT molecular complexity index is 797. The van der Waals surface area contributed by atoms with Crippen molar-refractivity contribution < 1.29 is 4.74 Å². The van der Waals surface area contributed by atoms with Gasteiger partial charge in [-0.3, -0.25) is 0 Å². The Labute approximate surface area is 150 Å². The summed E-state index contributed by atoms with van der Waals surface area (Å²) in [6.07, 6.45) is 2.80. The number of halogens is 1. The van der Waals surface area contributed by atoms with Gasteiger partial charge in [-0.15, -0.1) is 16.4 Å². The maximum Gasteiger partial charge on any atom is 0.231 e. The third-order valence-corrected chi connectivity index (χ3v) is 5.18. The molecular formula is C17H21ClN4OS. The van der Waals surface area contributed by atoms with Crippen molar-refractivity contribution >= 4 is 28.6 Å². The highest BCUT2D eigenvalue weighted by Gasteiger charge is 2.10. The summed E-state index contributed by atoms with van der Waals surface area (Å²) in [6.45, 7) is 8.20. The minimum Gasteiger partial charge on any atom is -0.477 e. The van der Waals surface area contributed by atoms with E-state index in [1.807, 2.05) is 35.0 Å². The van der Waals surface area contributed by atoms with E-state index in [0.29, 0.717) is 12.5 Å². The van der Waals surface area contributed by atoms with Crippen LogP contribution >= 0.6 is 22.9 Å². The summed E-state index contributed by atoms with van der Waals surface area (Å²) in [5, 5.41) is 4.56. The Hall–Kier alpha value is -1.63. The number of fused-ring (bicyclic) bond motifs is 1. The average molecular weight is 365 g/mol. The number of thiophene rings is 1. The van der Waals surface area contributed by atoms with Crippen LogP contribution in [0.4, 0.5) is 0 Å². The van der Waals surface area contributed by atoms with Crippen molar-refractivity contribution in [1.29, 1.82) is 0 Å². The van der Waals surface area contributed by atoms with Crippen molar-refractivity contribution in [2.24, 2.45) is 0 Å². The first-order valence-electron chi connectivity index (χ1n) is 8.17. The maximum absolute atomic E-state index is 6.03. The molecule has 0 saturated heterocycles. The van der Waals surface area contributed by atoms with E-state index in [1.165, 1.54) is 11.3 Å². The van der Waals surface area contributed by atoms with Gasteiger partial charge >= 0.3 is 0 Å². The zero-order valence-corrected chi connectivity index (χ0v) is 15.5. The van der Waals surface area contributed by atoms with Crippen LogP contribution in [0.5, 0.6) is 5.88 Å². The second-order valence-electron chi connectivity index (χ2n) is 5.42. The second kappa shape index (κ2) is 7.96. The van der Waals surface area contributed by atoms with Gasteiger partial charge in [-0.1, -0.05) is 25.4 Å². The number of hydrogen-bond acceptors (Lipinski definition) is 5. The second-order valence-corrected chi connectivity index (χ2v) is 7.13. The van der Waals surface area contributed by atoms with E-state index in [-0.39, 0.29) is 0 Å². The normalized spacial score (nSPS) is 11.5. The molecule has 7 heteroatoms. The Balaban J connectivity index is 1.69. The molecule has 0 aromatic carbocycles. The third kappa shape index (κ3) is 3.88. The van der Waals surface area contributed by atoms with Crippen molar-refractivity contribution in [3.63, 3.8) is 0 Å². The average Bonchev–Trinajstić information content (AvgIpc) is 3.20. The third-order valence-electron chi connectivity index (χ3n) is 3.93. The Kier molecular flexibility index (Phi) is 5.71. The first kappa shape index (κ1) is 17.2. The predicted molar refractivity (Wildman–Crippen MR) is 99.2 cm³/mol. The van der Waals surface area contributed by atoms with Gasteiger partial charge in [-0.25, -0.2) is 9.50 Å². The molecule has 0 aliphatic carbocycles. The van der Waals surface area contributed by atoms with Crippen LogP contribution in [0.25, 0.3) is 16.2 Å². The summed E-state index contributed by atoms with van der Waals surface area (Å²) in [5.74, 6) is 0.615. The molecule has 0 saturated carbocycles. The number of aromatic nitrogens is 3. The summed E-state index contributed by atoms with van der Waals surface area (Å²) in [7, 11) is 0. The van der Waals surface area contributed by atoms with Crippen LogP contribution in [0, 0.1) is 0 Å². The molecule has 3 aromatic heterocycles. The Morgan fingerprint density at radius 2 is 2.04 bits per heavy atom. The lowest BCUT2D eigenvalue weighted by molar-refractivity contribution is 0.242. The molecule has 0 N–H and O–H groups in total. The number of ether oxygens (including phenoxy) is 1. The van der Waals surface area contributed by atoms with Crippen LogP contribution in [0.15, 0.2) is 30.5 Å². The largest absolute Gasteiger partial charge is 0.477 e. The first-order valence-corrected chi connectivity index (χ1v) is 9.36. The summed E-state index contributed by atoms with van der Waals surface area (Å²) >= 11 is 7.55. The van der Waals surface area contributed by atoms with Crippen LogP contribution < -0.4 is 4.74 Å². The molecule has 0 spiro atoms. The number of imidazole rings is 1. The standard InChI is InChI=1S/C17H21ClN4OS/c1-3-21(4-2)10-5-11-23-17-9-8-16-19-12-13(22(16)20-17)14-6-7-15(18)24-14/h6-9,12H,3-5,10-11H2,1-2H3. The van der Waals surface area contributed by atoms with E-state index >= 15 is 0 Å². The summed E-state index contributed by atoms with van der Waals surface area (Å²) in [5.41, 5.74) is 1.72. The fourth-order valence-electron chi connectivity index (χ4n) is 2.56. The van der Waals surface area contributed by atoms with Gasteiger partial charge in [0.1, 0.15) is 5.69 Å². The van der Waals surface area contributed by atoms with Crippen molar-refractivity contribution in [3.8, 4) is 16.5 Å². The smallest absolute Gasteiger partial charge is 0.231 e. The molecule has 5 nitrogen and oxygen atoms in total. The molecule has 3 rings (SSSR count). The van der Waals surface area contributed by atoms with Crippen LogP contribution in [0.2, 0.25) is 4.34 Å². The van der Waals surface area contributed by atoms with Crippen molar-refractivity contribution in [3.05, 3.63) is 34.8 Å². The van der Waals surface area contributed by atoms with Gasteiger partial charge in [0.25, 0.3) is 0 Å². The summed E-state index contributed by atoms with van der Waals surface area (Å²) in [4.78, 5) is 7.81. The molecular weight excluding hydrogens is 344 g/mol. The molecule has 0 aliphatic heterocycles. The van der Waals surface area contributed by atoms with Crippen molar-refractivity contribution in [1.82, 2.24) is 19.5 Å². The molecule has 0 radical (unpaired) electrons. The number of hydrogen-bond donors (Lipinski definition) is 0.